The van der Waals surface area contributed by atoms with E-state index in [0.717, 1.165) is 52.5 Å². The summed E-state index contributed by atoms with van der Waals surface area (Å²) in [5, 5.41) is 0. The van der Waals surface area contributed by atoms with Crippen molar-refractivity contribution in [1.82, 2.24) is 0 Å². The van der Waals surface area contributed by atoms with Gasteiger partial charge in [-0.05, 0) is 13.3 Å². The van der Waals surface area contributed by atoms with Gasteiger partial charge in [0.05, 0.1) is 26.4 Å². The number of nitrogens with zero attached hydrogens (tertiary/aromatic N) is 1. The van der Waals surface area contributed by atoms with Crippen molar-refractivity contribution in [3.8, 4) is 0 Å². The molecule has 0 aliphatic carbocycles. The standard InChI is InChI=1S/C11H24NO2/c1-3-8-13-9-5-12(4-2)6-10-14-11-7-12/h3-11H2,1-2H3/q+1. The second-order valence-corrected chi connectivity index (χ2v) is 4.05. The average Bonchev–Trinajstić information content (AvgIpc) is 2.26. The van der Waals surface area contributed by atoms with Crippen molar-refractivity contribution >= 4 is 0 Å². The molecule has 0 bridgehead atoms. The number of ether oxygens (including phenoxy) is 2. The van der Waals surface area contributed by atoms with Crippen LogP contribution >= 0.6 is 0 Å². The van der Waals surface area contributed by atoms with Gasteiger partial charge in [0.2, 0.25) is 0 Å². The van der Waals surface area contributed by atoms with Crippen molar-refractivity contribution in [1.29, 1.82) is 0 Å². The highest BCUT2D eigenvalue weighted by atomic mass is 16.5. The van der Waals surface area contributed by atoms with Crippen LogP contribution in [-0.2, 0) is 9.47 Å². The lowest BCUT2D eigenvalue weighted by Gasteiger charge is -2.40. The zero-order chi connectivity index (χ0) is 10.3. The molecular formula is C11H24NO2+. The maximum atomic E-state index is 5.56. The lowest BCUT2D eigenvalue weighted by molar-refractivity contribution is -0.933. The van der Waals surface area contributed by atoms with Crippen LogP contribution in [0.2, 0.25) is 0 Å². The third-order valence-electron chi connectivity index (χ3n) is 3.15. The predicted octanol–water partition coefficient (Wildman–Crippen LogP) is 1.28. The lowest BCUT2D eigenvalue weighted by Crippen LogP contribution is -2.56. The first-order valence-corrected chi connectivity index (χ1v) is 5.83. The molecule has 1 fully saturated rings. The lowest BCUT2D eigenvalue weighted by atomic mass is 10.3. The molecule has 0 unspecified atom stereocenters. The zero-order valence-corrected chi connectivity index (χ0v) is 9.63. The van der Waals surface area contributed by atoms with Crippen LogP contribution in [0, 0.1) is 0 Å². The Labute approximate surface area is 87.6 Å². The number of rotatable bonds is 6. The fourth-order valence-electron chi connectivity index (χ4n) is 1.93. The summed E-state index contributed by atoms with van der Waals surface area (Å²) >= 11 is 0. The highest BCUT2D eigenvalue weighted by molar-refractivity contribution is 4.49. The van der Waals surface area contributed by atoms with Gasteiger partial charge in [-0.1, -0.05) is 6.92 Å². The summed E-state index contributed by atoms with van der Waals surface area (Å²) < 4.78 is 12.1. The SMILES string of the molecule is CCCOCC[N+]1(CC)CCOCC1. The second kappa shape index (κ2) is 6.38. The van der Waals surface area contributed by atoms with E-state index >= 15 is 0 Å². The average molecular weight is 202 g/mol. The molecule has 1 heterocycles. The van der Waals surface area contributed by atoms with Gasteiger partial charge >= 0.3 is 0 Å². The van der Waals surface area contributed by atoms with Crippen molar-refractivity contribution in [2.75, 3.05) is 52.6 Å². The maximum Gasteiger partial charge on any atom is 0.103 e. The zero-order valence-electron chi connectivity index (χ0n) is 9.63. The van der Waals surface area contributed by atoms with Gasteiger partial charge in [-0.15, -0.1) is 0 Å². The van der Waals surface area contributed by atoms with E-state index < -0.39 is 0 Å². The Bertz CT molecular complexity index is 144. The molecule has 0 saturated carbocycles. The maximum absolute atomic E-state index is 5.56. The van der Waals surface area contributed by atoms with Gasteiger partial charge in [-0.3, -0.25) is 0 Å². The molecule has 0 radical (unpaired) electrons. The summed E-state index contributed by atoms with van der Waals surface area (Å²) in [7, 11) is 0. The van der Waals surface area contributed by atoms with E-state index in [1.54, 1.807) is 0 Å². The van der Waals surface area contributed by atoms with E-state index in [4.69, 9.17) is 9.47 Å². The normalized spacial score (nSPS) is 21.0. The molecule has 0 spiro atoms. The highest BCUT2D eigenvalue weighted by Crippen LogP contribution is 2.10. The first-order chi connectivity index (χ1) is 6.83. The number of hydrogen-bond acceptors (Lipinski definition) is 2. The van der Waals surface area contributed by atoms with Gasteiger partial charge in [-0.2, -0.15) is 0 Å². The Morgan fingerprint density at radius 2 is 1.86 bits per heavy atom. The number of quaternary nitrogens is 1. The molecular weight excluding hydrogens is 178 g/mol. The smallest absolute Gasteiger partial charge is 0.103 e. The molecule has 0 aromatic carbocycles. The minimum absolute atomic E-state index is 0.903. The summed E-state index contributed by atoms with van der Waals surface area (Å²) in [6.07, 6.45) is 1.12. The van der Waals surface area contributed by atoms with Crippen molar-refractivity contribution in [3.05, 3.63) is 0 Å². The van der Waals surface area contributed by atoms with Gasteiger partial charge in [0.25, 0.3) is 0 Å². The van der Waals surface area contributed by atoms with Crippen molar-refractivity contribution in [2.45, 2.75) is 20.3 Å². The summed E-state index contributed by atoms with van der Waals surface area (Å²) in [5.41, 5.74) is 0. The van der Waals surface area contributed by atoms with E-state index in [2.05, 4.69) is 13.8 Å². The topological polar surface area (TPSA) is 18.5 Å². The molecule has 0 atom stereocenters. The third kappa shape index (κ3) is 3.56. The minimum Gasteiger partial charge on any atom is -0.376 e. The molecule has 14 heavy (non-hydrogen) atoms. The number of likely N-dealkylation sites (N-methyl/N-ethyl adjacent to an activating group) is 1. The van der Waals surface area contributed by atoms with E-state index in [-0.39, 0.29) is 0 Å². The Hall–Kier alpha value is -0.120. The van der Waals surface area contributed by atoms with Gasteiger partial charge in [0.15, 0.2) is 0 Å². The molecule has 0 N–H and O–H groups in total. The van der Waals surface area contributed by atoms with Crippen molar-refractivity contribution in [2.24, 2.45) is 0 Å². The summed E-state index contributed by atoms with van der Waals surface area (Å²) in [6, 6.07) is 0. The summed E-state index contributed by atoms with van der Waals surface area (Å²) in [6.45, 7) is 12.7. The first-order valence-electron chi connectivity index (χ1n) is 5.83. The van der Waals surface area contributed by atoms with Gasteiger partial charge < -0.3 is 14.0 Å². The Morgan fingerprint density at radius 1 is 1.14 bits per heavy atom. The quantitative estimate of drug-likeness (QED) is 0.477. The van der Waals surface area contributed by atoms with Crippen LogP contribution in [0.25, 0.3) is 0 Å². The molecule has 0 aromatic heterocycles. The Balaban J connectivity index is 2.22. The van der Waals surface area contributed by atoms with Crippen LogP contribution in [0.1, 0.15) is 20.3 Å². The van der Waals surface area contributed by atoms with Crippen LogP contribution in [0.15, 0.2) is 0 Å². The molecule has 0 amide bonds. The second-order valence-electron chi connectivity index (χ2n) is 4.05. The third-order valence-corrected chi connectivity index (χ3v) is 3.15. The predicted molar refractivity (Wildman–Crippen MR) is 57.3 cm³/mol. The number of morpholine rings is 1. The minimum atomic E-state index is 0.903. The van der Waals surface area contributed by atoms with Crippen LogP contribution in [0.3, 0.4) is 0 Å². The van der Waals surface area contributed by atoms with Crippen LogP contribution in [0.5, 0.6) is 0 Å². The Morgan fingerprint density at radius 3 is 2.43 bits per heavy atom. The van der Waals surface area contributed by atoms with Crippen molar-refractivity contribution in [3.63, 3.8) is 0 Å². The summed E-state index contributed by atoms with van der Waals surface area (Å²) in [4.78, 5) is 0. The largest absolute Gasteiger partial charge is 0.376 e. The fourth-order valence-corrected chi connectivity index (χ4v) is 1.93. The molecule has 3 nitrogen and oxygen atoms in total. The van der Waals surface area contributed by atoms with Crippen LogP contribution in [-0.4, -0.2) is 57.1 Å². The highest BCUT2D eigenvalue weighted by Gasteiger charge is 2.27. The van der Waals surface area contributed by atoms with E-state index in [1.807, 2.05) is 0 Å². The summed E-state index contributed by atoms with van der Waals surface area (Å²) in [5.74, 6) is 0. The first kappa shape index (κ1) is 12.0. The van der Waals surface area contributed by atoms with Crippen molar-refractivity contribution < 1.29 is 14.0 Å². The van der Waals surface area contributed by atoms with Gasteiger partial charge in [-0.25, -0.2) is 0 Å². The fraction of sp³-hybridized carbons (Fsp3) is 1.00. The molecule has 3 heteroatoms. The molecule has 1 saturated heterocycles. The number of hydrogen-bond donors (Lipinski definition) is 0. The molecule has 1 rings (SSSR count). The van der Waals surface area contributed by atoms with Crippen LogP contribution < -0.4 is 0 Å². The van der Waals surface area contributed by atoms with Gasteiger partial charge in [0, 0.05) is 6.61 Å². The van der Waals surface area contributed by atoms with Gasteiger partial charge in [0.1, 0.15) is 19.6 Å². The van der Waals surface area contributed by atoms with Crippen LogP contribution in [0.4, 0.5) is 0 Å². The Kier molecular flexibility index (Phi) is 5.45. The molecule has 1 aliphatic heterocycles. The molecule has 1 aliphatic rings. The van der Waals surface area contributed by atoms with E-state index in [0.29, 0.717) is 0 Å². The molecule has 84 valence electrons. The van der Waals surface area contributed by atoms with E-state index in [1.165, 1.54) is 11.0 Å². The van der Waals surface area contributed by atoms with E-state index in [9.17, 15) is 0 Å². The molecule has 0 aromatic rings. The monoisotopic (exact) mass is 202 g/mol.